The minimum atomic E-state index is -4.12. The molecule has 1 aliphatic rings. The summed E-state index contributed by atoms with van der Waals surface area (Å²) in [5, 5.41) is 9.94. The van der Waals surface area contributed by atoms with Gasteiger partial charge in [0.1, 0.15) is 10.3 Å². The number of hydroxylamine groups is 1. The molecular weight excluding hydrogens is 547 g/mol. The molecule has 0 bridgehead atoms. The number of carbonyl (C=O) groups excluding carboxylic acids is 1. The molecule has 0 unspecified atom stereocenters. The molecule has 1 saturated heterocycles. The van der Waals surface area contributed by atoms with Gasteiger partial charge in [-0.05, 0) is 24.1 Å². The van der Waals surface area contributed by atoms with Gasteiger partial charge in [0.05, 0.1) is 5.75 Å². The number of benzene rings is 1. The van der Waals surface area contributed by atoms with Crippen LogP contribution in [0.2, 0.25) is 0 Å². The predicted octanol–water partition coefficient (Wildman–Crippen LogP) is 1.83. The van der Waals surface area contributed by atoms with Crippen LogP contribution in [0.3, 0.4) is 0 Å². The number of H-pyrrole nitrogens is 1. The van der Waals surface area contributed by atoms with Gasteiger partial charge < -0.3 is 4.98 Å². The Labute approximate surface area is 217 Å². The molecule has 194 valence electrons. The van der Waals surface area contributed by atoms with Crippen molar-refractivity contribution in [2.45, 2.75) is 21.8 Å². The topological polar surface area (TPSA) is 153 Å². The number of aromatic amines is 1. The average molecular weight is 572 g/mol. The first-order valence-corrected chi connectivity index (χ1v) is 15.8. The zero-order valence-electron chi connectivity index (χ0n) is 19.0. The molecule has 0 spiro atoms. The Bertz CT molecular complexity index is 1380. The Morgan fingerprint density at radius 1 is 1.17 bits per heavy atom. The van der Waals surface area contributed by atoms with Gasteiger partial charge in [0.25, 0.3) is 15.9 Å². The van der Waals surface area contributed by atoms with Gasteiger partial charge in [-0.2, -0.15) is 8.61 Å². The van der Waals surface area contributed by atoms with E-state index in [9.17, 15) is 26.8 Å². The number of sulfonamides is 2. The molecular formula is C21H25N5O6S4. The van der Waals surface area contributed by atoms with Crippen LogP contribution in [0, 0.1) is 0 Å². The number of nitrogens with zero attached hydrogens (tertiary/aromatic N) is 3. The molecule has 0 saturated carbocycles. The molecule has 1 fully saturated rings. The maximum absolute atomic E-state index is 13.4. The van der Waals surface area contributed by atoms with Crippen molar-refractivity contribution in [2.75, 3.05) is 31.1 Å². The van der Waals surface area contributed by atoms with E-state index in [4.69, 9.17) is 0 Å². The molecule has 2 aromatic heterocycles. The van der Waals surface area contributed by atoms with Gasteiger partial charge >= 0.3 is 0 Å². The highest BCUT2D eigenvalue weighted by Crippen LogP contribution is 2.33. The van der Waals surface area contributed by atoms with E-state index in [-0.39, 0.29) is 23.1 Å². The van der Waals surface area contributed by atoms with Crippen LogP contribution < -0.4 is 5.48 Å². The first-order chi connectivity index (χ1) is 17.2. The Hall–Kier alpha value is -2.27. The van der Waals surface area contributed by atoms with Gasteiger partial charge in [-0.25, -0.2) is 27.3 Å². The lowest BCUT2D eigenvalue weighted by Crippen LogP contribution is -2.61. The fourth-order valence-corrected chi connectivity index (χ4v) is 9.23. The van der Waals surface area contributed by atoms with Gasteiger partial charge in [0, 0.05) is 42.7 Å². The second kappa shape index (κ2) is 11.4. The van der Waals surface area contributed by atoms with Crippen LogP contribution in [0.1, 0.15) is 6.42 Å². The van der Waals surface area contributed by atoms with Gasteiger partial charge in [-0.3, -0.25) is 10.0 Å². The minimum absolute atomic E-state index is 0.0309. The van der Waals surface area contributed by atoms with Gasteiger partial charge in [0.15, 0.2) is 5.16 Å². The summed E-state index contributed by atoms with van der Waals surface area (Å²) < 4.78 is 54.8. The fraction of sp³-hybridized carbons (Fsp3) is 0.333. The zero-order chi connectivity index (χ0) is 25.8. The number of aromatic nitrogens is 2. The van der Waals surface area contributed by atoms with Crippen LogP contribution >= 0.6 is 23.1 Å². The van der Waals surface area contributed by atoms with Gasteiger partial charge in [-0.15, -0.1) is 11.3 Å². The number of carbonyl (C=O) groups is 1. The maximum Gasteiger partial charge on any atom is 0.263 e. The summed E-state index contributed by atoms with van der Waals surface area (Å²) in [4.78, 5) is 20.2. The number of thioether (sulfide) groups is 1. The molecule has 36 heavy (non-hydrogen) atoms. The predicted molar refractivity (Wildman–Crippen MR) is 137 cm³/mol. The van der Waals surface area contributed by atoms with Crippen LogP contribution in [0.15, 0.2) is 64.2 Å². The average Bonchev–Trinajstić information content (AvgIpc) is 3.59. The Kier molecular flexibility index (Phi) is 8.49. The third kappa shape index (κ3) is 5.99. The lowest BCUT2D eigenvalue weighted by Gasteiger charge is -2.38. The molecule has 11 nitrogen and oxygen atoms in total. The standard InChI is InChI=1S/C21H25N5O6S4/c27-20(24-28)17-15-25(35(29,30)14-4-13-33-21-22-9-10-23-21)11-12-26(17)36(31,32)19-8-7-18(34-19)16-5-2-1-3-6-16/h1-3,5-10,17,28H,4,11-15H2,(H,22,23)(H,24,27)/t17-/m1/s1. The highest BCUT2D eigenvalue weighted by Gasteiger charge is 2.43. The van der Waals surface area contributed by atoms with Crippen LogP contribution in [0.5, 0.6) is 0 Å². The monoisotopic (exact) mass is 571 g/mol. The summed E-state index contributed by atoms with van der Waals surface area (Å²) in [6, 6.07) is 11.0. The largest absolute Gasteiger partial charge is 0.340 e. The van der Waals surface area contributed by atoms with E-state index in [0.717, 1.165) is 30.4 Å². The quantitative estimate of drug-likeness (QED) is 0.144. The summed E-state index contributed by atoms with van der Waals surface area (Å²) in [6.45, 7) is -0.714. The highest BCUT2D eigenvalue weighted by molar-refractivity contribution is 7.99. The van der Waals surface area contributed by atoms with E-state index in [1.807, 2.05) is 30.3 Å². The first-order valence-electron chi connectivity index (χ1n) is 10.9. The Morgan fingerprint density at radius 2 is 1.94 bits per heavy atom. The molecule has 1 aliphatic heterocycles. The smallest absolute Gasteiger partial charge is 0.263 e. The molecule has 4 rings (SSSR count). The molecule has 0 aliphatic carbocycles. The number of imidazole rings is 1. The summed E-state index contributed by atoms with van der Waals surface area (Å²) in [6.07, 6.45) is 3.63. The van der Waals surface area contributed by atoms with Crippen molar-refractivity contribution in [3.05, 3.63) is 54.9 Å². The highest BCUT2D eigenvalue weighted by atomic mass is 32.2. The van der Waals surface area contributed by atoms with Crippen molar-refractivity contribution < 1.29 is 26.8 Å². The van der Waals surface area contributed by atoms with E-state index in [0.29, 0.717) is 17.3 Å². The van der Waals surface area contributed by atoms with Crippen molar-refractivity contribution in [3.63, 3.8) is 0 Å². The summed E-state index contributed by atoms with van der Waals surface area (Å²) in [5.41, 5.74) is 2.34. The number of hydrogen-bond acceptors (Lipinski definition) is 9. The SMILES string of the molecule is O=C(NO)[C@H]1CN(S(=O)(=O)CCCSc2ncc[nH]2)CCN1S(=O)(=O)c1ccc(-c2ccccc2)s1. The van der Waals surface area contributed by atoms with Crippen molar-refractivity contribution in [3.8, 4) is 10.4 Å². The minimum Gasteiger partial charge on any atom is -0.340 e. The van der Waals surface area contributed by atoms with Crippen LogP contribution in [-0.4, -0.2) is 83.7 Å². The second-order valence-electron chi connectivity index (χ2n) is 7.86. The molecule has 15 heteroatoms. The van der Waals surface area contributed by atoms with Crippen LogP contribution in [-0.2, 0) is 24.8 Å². The van der Waals surface area contributed by atoms with Crippen molar-refractivity contribution in [2.24, 2.45) is 0 Å². The normalized spacial score (nSPS) is 17.8. The maximum atomic E-state index is 13.4. The Morgan fingerprint density at radius 3 is 2.64 bits per heavy atom. The van der Waals surface area contributed by atoms with Crippen molar-refractivity contribution >= 4 is 49.1 Å². The molecule has 3 aromatic rings. The lowest BCUT2D eigenvalue weighted by atomic mass is 10.2. The summed E-state index contributed by atoms with van der Waals surface area (Å²) in [7, 11) is -7.88. The fourth-order valence-electron chi connectivity index (χ4n) is 3.77. The first kappa shape index (κ1) is 26.8. The number of amides is 1. The van der Waals surface area contributed by atoms with Gasteiger partial charge in [0.2, 0.25) is 10.0 Å². The number of rotatable bonds is 10. The van der Waals surface area contributed by atoms with Crippen molar-refractivity contribution in [1.29, 1.82) is 0 Å². The number of piperazine rings is 1. The molecule has 3 heterocycles. The van der Waals surface area contributed by atoms with Gasteiger partial charge in [-0.1, -0.05) is 42.1 Å². The van der Waals surface area contributed by atoms with E-state index in [2.05, 4.69) is 9.97 Å². The van der Waals surface area contributed by atoms with E-state index in [1.165, 1.54) is 23.3 Å². The van der Waals surface area contributed by atoms with Crippen LogP contribution in [0.4, 0.5) is 0 Å². The third-order valence-electron chi connectivity index (χ3n) is 5.56. The molecule has 0 radical (unpaired) electrons. The third-order valence-corrected chi connectivity index (χ3v) is 12.0. The molecule has 3 N–H and O–H groups in total. The van der Waals surface area contributed by atoms with E-state index < -0.39 is 38.5 Å². The number of nitrogens with one attached hydrogen (secondary N) is 2. The van der Waals surface area contributed by atoms with E-state index in [1.54, 1.807) is 18.5 Å². The molecule has 1 atom stereocenters. The Balaban J connectivity index is 1.47. The molecule has 1 aromatic carbocycles. The van der Waals surface area contributed by atoms with E-state index >= 15 is 0 Å². The lowest BCUT2D eigenvalue weighted by molar-refractivity contribution is -0.134. The van der Waals surface area contributed by atoms with Crippen LogP contribution in [0.25, 0.3) is 10.4 Å². The molecule has 1 amide bonds. The number of hydrogen-bond donors (Lipinski definition) is 3. The van der Waals surface area contributed by atoms with Crippen molar-refractivity contribution in [1.82, 2.24) is 24.1 Å². The number of thiophene rings is 1. The summed E-state index contributed by atoms with van der Waals surface area (Å²) >= 11 is 2.45. The zero-order valence-corrected chi connectivity index (χ0v) is 22.2. The summed E-state index contributed by atoms with van der Waals surface area (Å²) in [5.74, 6) is -0.637. The second-order valence-corrected chi connectivity index (χ2v) is 14.2.